The zero-order valence-corrected chi connectivity index (χ0v) is 30.3. The highest BCUT2D eigenvalue weighted by atomic mass is 15.5. The number of nitrogens with zero attached hydrogens (tertiary/aromatic N) is 10. The molecule has 8 aromatic carbocycles. The first-order valence-corrected chi connectivity index (χ1v) is 18.2. The van der Waals surface area contributed by atoms with Crippen molar-refractivity contribution in [3.05, 3.63) is 140 Å². The summed E-state index contributed by atoms with van der Waals surface area (Å²) in [5.41, 5.74) is 11.3. The summed E-state index contributed by atoms with van der Waals surface area (Å²) in [7, 11) is 5.59. The van der Waals surface area contributed by atoms with Gasteiger partial charge >= 0.3 is 0 Å². The van der Waals surface area contributed by atoms with Crippen LogP contribution >= 0.6 is 0 Å². The van der Waals surface area contributed by atoms with Gasteiger partial charge in [0.05, 0.1) is 17.1 Å². The Labute approximate surface area is 314 Å². The lowest BCUT2D eigenvalue weighted by molar-refractivity contribution is 0.665. The Balaban J connectivity index is 1.20. The van der Waals surface area contributed by atoms with Gasteiger partial charge in [-0.05, 0) is 92.0 Å². The smallest absolute Gasteiger partial charge is 0.137 e. The van der Waals surface area contributed by atoms with Gasteiger partial charge in [-0.1, -0.05) is 91.0 Å². The molecule has 0 N–H and O–H groups in total. The molecule has 11 aromatic rings. The summed E-state index contributed by atoms with van der Waals surface area (Å²) < 4.78 is 0. The normalized spacial score (nSPS) is 11.9. The predicted octanol–water partition coefficient (Wildman–Crippen LogP) is 9.80. The SMILES string of the molecule is Cn1nc2cccc(N(c3ccc(-c4ccc5ccccc5c4)c4nn(C)nc34)c3ccc(-c4c5ccccc5cc5ccccc45)c4nn(C)nc34)c2n1. The van der Waals surface area contributed by atoms with Crippen LogP contribution in [-0.4, -0.2) is 45.0 Å². The molecule has 0 spiro atoms. The van der Waals surface area contributed by atoms with Crippen molar-refractivity contribution < 1.29 is 0 Å². The number of aromatic nitrogens is 9. The molecule has 0 saturated carbocycles. The van der Waals surface area contributed by atoms with Gasteiger partial charge in [0.2, 0.25) is 0 Å². The van der Waals surface area contributed by atoms with E-state index >= 15 is 0 Å². The Morgan fingerprint density at radius 3 is 1.60 bits per heavy atom. The van der Waals surface area contributed by atoms with E-state index in [2.05, 4.69) is 137 Å². The maximum Gasteiger partial charge on any atom is 0.137 e. The van der Waals surface area contributed by atoms with Crippen LogP contribution < -0.4 is 4.90 Å². The van der Waals surface area contributed by atoms with Crippen molar-refractivity contribution >= 4 is 82.5 Å². The monoisotopic (exact) mass is 712 g/mol. The first-order valence-electron chi connectivity index (χ1n) is 18.2. The van der Waals surface area contributed by atoms with Crippen LogP contribution in [0.2, 0.25) is 0 Å². The number of rotatable bonds is 5. The molecule has 262 valence electrons. The van der Waals surface area contributed by atoms with Gasteiger partial charge in [-0.25, -0.2) is 0 Å². The third-order valence-electron chi connectivity index (χ3n) is 10.6. The number of fused-ring (bicyclic) bond motifs is 6. The van der Waals surface area contributed by atoms with Crippen molar-refractivity contribution in [1.82, 2.24) is 45.0 Å². The second kappa shape index (κ2) is 11.8. The Bertz CT molecular complexity index is 3280. The standard InChI is InChI=1S/C45H32N10/c1-52-46-36-17-10-18-37(43(36)49-52)55(38-23-21-34(41-44(38)50-53(2)47-41)31-20-19-27-11-4-5-12-28(27)25-31)39-24-22-35(42-45(39)51-54(3)48-42)40-32-15-8-6-13-29(32)26-30-14-7-9-16-33(30)40/h4-26H,1-3H3. The molecular formula is C45H32N10. The average Bonchev–Trinajstić information content (AvgIpc) is 3.92. The van der Waals surface area contributed by atoms with E-state index in [4.69, 9.17) is 25.5 Å². The number of hydrogen-bond acceptors (Lipinski definition) is 7. The quantitative estimate of drug-likeness (QED) is 0.164. The van der Waals surface area contributed by atoms with Crippen LogP contribution in [0.4, 0.5) is 17.1 Å². The molecule has 11 rings (SSSR count). The highest BCUT2D eigenvalue weighted by molar-refractivity contribution is 6.18. The van der Waals surface area contributed by atoms with Crippen LogP contribution in [0.25, 0.3) is 87.7 Å². The molecule has 0 atom stereocenters. The molecule has 55 heavy (non-hydrogen) atoms. The van der Waals surface area contributed by atoms with Crippen LogP contribution in [0.15, 0.2) is 140 Å². The van der Waals surface area contributed by atoms with Crippen LogP contribution in [0.5, 0.6) is 0 Å². The van der Waals surface area contributed by atoms with Gasteiger partial charge < -0.3 is 4.90 Å². The number of aryl methyl sites for hydroxylation is 3. The van der Waals surface area contributed by atoms with Gasteiger partial charge in [-0.3, -0.25) is 0 Å². The van der Waals surface area contributed by atoms with E-state index in [1.807, 2.05) is 33.3 Å². The molecule has 3 heterocycles. The van der Waals surface area contributed by atoms with E-state index in [0.29, 0.717) is 0 Å². The molecule has 0 radical (unpaired) electrons. The summed E-state index contributed by atoms with van der Waals surface area (Å²) in [5, 5.41) is 36.7. The molecular weight excluding hydrogens is 681 g/mol. The molecule has 0 aliphatic rings. The third-order valence-corrected chi connectivity index (χ3v) is 10.6. The summed E-state index contributed by atoms with van der Waals surface area (Å²) >= 11 is 0. The van der Waals surface area contributed by atoms with Gasteiger partial charge in [-0.2, -0.15) is 45.0 Å². The van der Waals surface area contributed by atoms with Crippen molar-refractivity contribution in [1.29, 1.82) is 0 Å². The molecule has 0 unspecified atom stereocenters. The van der Waals surface area contributed by atoms with Crippen LogP contribution in [0.3, 0.4) is 0 Å². The highest BCUT2D eigenvalue weighted by Gasteiger charge is 2.27. The van der Waals surface area contributed by atoms with E-state index in [0.717, 1.165) is 83.2 Å². The van der Waals surface area contributed by atoms with Crippen molar-refractivity contribution in [3.8, 4) is 22.3 Å². The lowest BCUT2D eigenvalue weighted by Gasteiger charge is -2.26. The first kappa shape index (κ1) is 31.1. The fourth-order valence-corrected chi connectivity index (χ4v) is 8.21. The summed E-state index contributed by atoms with van der Waals surface area (Å²) in [6.07, 6.45) is 0. The number of anilines is 3. The van der Waals surface area contributed by atoms with Crippen molar-refractivity contribution in [3.63, 3.8) is 0 Å². The molecule has 10 nitrogen and oxygen atoms in total. The molecule has 0 aliphatic carbocycles. The maximum atomic E-state index is 5.08. The Morgan fingerprint density at radius 1 is 0.382 bits per heavy atom. The van der Waals surface area contributed by atoms with Gasteiger partial charge in [0.25, 0.3) is 0 Å². The van der Waals surface area contributed by atoms with E-state index in [1.165, 1.54) is 21.5 Å². The van der Waals surface area contributed by atoms with Crippen molar-refractivity contribution in [2.75, 3.05) is 4.90 Å². The summed E-state index contributed by atoms with van der Waals surface area (Å²) in [6.45, 7) is 0. The maximum absolute atomic E-state index is 5.08. The molecule has 0 bridgehead atoms. The Morgan fingerprint density at radius 2 is 0.909 bits per heavy atom. The predicted molar refractivity (Wildman–Crippen MR) is 221 cm³/mol. The highest BCUT2D eigenvalue weighted by Crippen LogP contribution is 2.47. The van der Waals surface area contributed by atoms with E-state index in [1.54, 1.807) is 14.4 Å². The van der Waals surface area contributed by atoms with Gasteiger partial charge in [0, 0.05) is 32.3 Å². The third kappa shape index (κ3) is 4.81. The largest absolute Gasteiger partial charge is 0.304 e. The molecule has 0 fully saturated rings. The van der Waals surface area contributed by atoms with Crippen molar-refractivity contribution in [2.24, 2.45) is 21.1 Å². The lowest BCUT2D eigenvalue weighted by atomic mass is 9.91. The topological polar surface area (TPSA) is 95.4 Å². The Hall–Kier alpha value is -7.46. The Kier molecular flexibility index (Phi) is 6.66. The zero-order valence-electron chi connectivity index (χ0n) is 30.3. The van der Waals surface area contributed by atoms with Crippen LogP contribution in [0, 0.1) is 0 Å². The molecule has 0 saturated heterocycles. The fourth-order valence-electron chi connectivity index (χ4n) is 8.21. The lowest BCUT2D eigenvalue weighted by Crippen LogP contribution is -2.12. The second-order valence-corrected chi connectivity index (χ2v) is 14.0. The molecule has 3 aromatic heterocycles. The summed E-state index contributed by atoms with van der Waals surface area (Å²) in [5.74, 6) is 0. The van der Waals surface area contributed by atoms with Crippen LogP contribution in [0.1, 0.15) is 0 Å². The van der Waals surface area contributed by atoms with Gasteiger partial charge in [-0.15, -0.1) is 0 Å². The summed E-state index contributed by atoms with van der Waals surface area (Å²) in [4.78, 5) is 7.11. The van der Waals surface area contributed by atoms with E-state index in [9.17, 15) is 0 Å². The minimum Gasteiger partial charge on any atom is -0.304 e. The van der Waals surface area contributed by atoms with Crippen molar-refractivity contribution in [2.45, 2.75) is 0 Å². The fraction of sp³-hybridized carbons (Fsp3) is 0.0667. The molecule has 10 heteroatoms. The molecule has 0 amide bonds. The van der Waals surface area contributed by atoms with E-state index in [-0.39, 0.29) is 0 Å². The minimum absolute atomic E-state index is 0.744. The summed E-state index contributed by atoms with van der Waals surface area (Å²) in [6, 6.07) is 49.0. The van der Waals surface area contributed by atoms with Gasteiger partial charge in [0.1, 0.15) is 33.1 Å². The minimum atomic E-state index is 0.744. The average molecular weight is 713 g/mol. The zero-order chi connectivity index (χ0) is 36.8. The van der Waals surface area contributed by atoms with Crippen LogP contribution in [-0.2, 0) is 21.1 Å². The van der Waals surface area contributed by atoms with Gasteiger partial charge in [0.15, 0.2) is 0 Å². The van der Waals surface area contributed by atoms with E-state index < -0.39 is 0 Å². The number of hydrogen-bond donors (Lipinski definition) is 0. The second-order valence-electron chi connectivity index (χ2n) is 14.0. The first-order chi connectivity index (χ1) is 27.0. The molecule has 0 aliphatic heterocycles. The number of benzene rings is 8.